The Bertz CT molecular complexity index is 1990. The molecule has 0 N–H and O–H groups in total. The van der Waals surface area contributed by atoms with Crippen LogP contribution in [0.1, 0.15) is 69.4 Å². The lowest BCUT2D eigenvalue weighted by Crippen LogP contribution is -2.27. The lowest BCUT2D eigenvalue weighted by molar-refractivity contribution is -0.433. The Hall–Kier alpha value is -5.10. The summed E-state index contributed by atoms with van der Waals surface area (Å²) in [6, 6.07) is 30.2. The molecule has 0 saturated heterocycles. The fourth-order valence-corrected chi connectivity index (χ4v) is 7.21. The first-order valence-corrected chi connectivity index (χ1v) is 16.4. The predicted molar refractivity (Wildman–Crippen MR) is 192 cm³/mol. The quantitative estimate of drug-likeness (QED) is 0.100. The van der Waals surface area contributed by atoms with Crippen LogP contribution in [0.4, 0.5) is 17.1 Å². The van der Waals surface area contributed by atoms with E-state index in [-0.39, 0.29) is 28.0 Å². The molecule has 0 atom stereocenters. The highest BCUT2D eigenvalue weighted by Crippen LogP contribution is 2.41. The van der Waals surface area contributed by atoms with Crippen LogP contribution in [0.5, 0.6) is 5.75 Å². The van der Waals surface area contributed by atoms with Crippen molar-refractivity contribution in [2.75, 3.05) is 13.1 Å². The van der Waals surface area contributed by atoms with E-state index in [1.54, 1.807) is 18.2 Å². The Morgan fingerprint density at radius 2 is 1.23 bits per heavy atom. The molecule has 0 aromatic heterocycles. The maximum atomic E-state index is 11.7. The molecule has 0 aliphatic carbocycles. The van der Waals surface area contributed by atoms with Crippen molar-refractivity contribution in [3.63, 3.8) is 0 Å². The third kappa shape index (κ3) is 5.73. The van der Waals surface area contributed by atoms with Gasteiger partial charge in [-0.15, -0.1) is 0 Å². The van der Waals surface area contributed by atoms with E-state index in [2.05, 4.69) is 136 Å². The molecule has 0 bridgehead atoms. The van der Waals surface area contributed by atoms with Crippen molar-refractivity contribution in [3.8, 4) is 5.75 Å². The number of fused-ring (bicyclic) bond motifs is 2. The van der Waals surface area contributed by atoms with Crippen molar-refractivity contribution >= 4 is 40.6 Å². The smallest absolute Gasteiger partial charge is 0.276 e. The Morgan fingerprint density at radius 1 is 0.702 bits per heavy atom. The van der Waals surface area contributed by atoms with Crippen molar-refractivity contribution in [2.45, 2.75) is 59.0 Å². The number of nitro benzene ring substituents is 1. The standard InChI is InChI=1S/C41H43N3O3/c1-7-42-35-19-13-10-16-32(35)40(3,4)38(42)25-22-29-21-24-37(47-28-31-15-9-12-18-34(31)44(45)46)30(27-29)23-26-39-41(5,6)33-17-11-14-20-36(33)43(39)8-2/h9-27H,7-8,28H2,1-6H3/q+2/b25-22+,26-23+. The molecule has 2 aliphatic heterocycles. The number of nitro groups is 1. The minimum Gasteiger partial charge on any atom is -0.488 e. The number of ether oxygens (including phenoxy) is 1. The van der Waals surface area contributed by atoms with Gasteiger partial charge in [0.2, 0.25) is 11.4 Å². The summed E-state index contributed by atoms with van der Waals surface area (Å²) in [6.45, 7) is 15.3. The van der Waals surface area contributed by atoms with Gasteiger partial charge in [0.15, 0.2) is 11.4 Å². The van der Waals surface area contributed by atoms with Crippen LogP contribution in [0.15, 0.2) is 103 Å². The zero-order chi connectivity index (χ0) is 33.3. The van der Waals surface area contributed by atoms with Crippen LogP contribution in [0.3, 0.4) is 0 Å². The van der Waals surface area contributed by atoms with E-state index in [4.69, 9.17) is 4.74 Å². The summed E-state index contributed by atoms with van der Waals surface area (Å²) in [5.74, 6) is 0.671. The molecular formula is C41H43N3O3+2. The SMILES string of the molecule is CC[N+]1=C(/C=C/c2ccc(OCc3ccccc3[N+](=O)[O-])c(/C=C/C3=[N+](CC)c4ccccc4C3(C)C)c2)C(C)(C)c2ccccc21. The minimum atomic E-state index is -0.358. The zero-order valence-electron chi connectivity index (χ0n) is 28.2. The molecular weight excluding hydrogens is 582 g/mol. The largest absolute Gasteiger partial charge is 0.488 e. The van der Waals surface area contributed by atoms with Crippen LogP contribution in [0.2, 0.25) is 0 Å². The number of rotatable bonds is 10. The average Bonchev–Trinajstić information content (AvgIpc) is 3.43. The first-order chi connectivity index (χ1) is 22.6. The van der Waals surface area contributed by atoms with E-state index in [1.165, 1.54) is 40.0 Å². The number of allylic oxidation sites excluding steroid dienone is 2. The summed E-state index contributed by atoms with van der Waals surface area (Å²) in [5.41, 5.74) is 9.87. The lowest BCUT2D eigenvalue weighted by atomic mass is 9.81. The van der Waals surface area contributed by atoms with Crippen LogP contribution in [-0.2, 0) is 17.4 Å². The van der Waals surface area contributed by atoms with Gasteiger partial charge in [-0.3, -0.25) is 10.1 Å². The van der Waals surface area contributed by atoms with Crippen LogP contribution >= 0.6 is 0 Å². The molecule has 6 rings (SSSR count). The molecule has 0 radical (unpaired) electrons. The van der Waals surface area contributed by atoms with E-state index in [1.807, 2.05) is 6.07 Å². The van der Waals surface area contributed by atoms with Gasteiger partial charge >= 0.3 is 0 Å². The Balaban J connectivity index is 1.39. The molecule has 0 saturated carbocycles. The van der Waals surface area contributed by atoms with Gasteiger partial charge in [-0.2, -0.15) is 9.15 Å². The molecule has 2 aliphatic rings. The van der Waals surface area contributed by atoms with E-state index >= 15 is 0 Å². The number of hydrogen-bond acceptors (Lipinski definition) is 3. The van der Waals surface area contributed by atoms with Gasteiger partial charge in [0.25, 0.3) is 5.69 Å². The molecule has 0 fully saturated rings. The van der Waals surface area contributed by atoms with E-state index < -0.39 is 0 Å². The summed E-state index contributed by atoms with van der Waals surface area (Å²) >= 11 is 0. The molecule has 6 heteroatoms. The van der Waals surface area contributed by atoms with Gasteiger partial charge in [0.05, 0.1) is 21.3 Å². The Kier molecular flexibility index (Phi) is 8.54. The molecule has 4 aromatic carbocycles. The molecule has 0 spiro atoms. The predicted octanol–water partition coefficient (Wildman–Crippen LogP) is 9.39. The highest BCUT2D eigenvalue weighted by atomic mass is 16.6. The molecule has 6 nitrogen and oxygen atoms in total. The third-order valence-electron chi connectivity index (χ3n) is 9.69. The van der Waals surface area contributed by atoms with Gasteiger partial charge in [-0.05, 0) is 77.5 Å². The van der Waals surface area contributed by atoms with Crippen LogP contribution in [0.25, 0.3) is 12.2 Å². The fraction of sp³-hybridized carbons (Fsp3) is 0.268. The van der Waals surface area contributed by atoms with Gasteiger partial charge in [-0.25, -0.2) is 0 Å². The highest BCUT2D eigenvalue weighted by molar-refractivity contribution is 6.06. The molecule has 2 heterocycles. The van der Waals surface area contributed by atoms with Gasteiger partial charge in [0, 0.05) is 47.0 Å². The molecule has 0 amide bonds. The van der Waals surface area contributed by atoms with Crippen molar-refractivity contribution < 1.29 is 18.8 Å². The summed E-state index contributed by atoms with van der Waals surface area (Å²) in [4.78, 5) is 11.3. The molecule has 0 unspecified atom stereocenters. The summed E-state index contributed by atoms with van der Waals surface area (Å²) in [6.07, 6.45) is 8.74. The maximum absolute atomic E-state index is 11.7. The second-order valence-electron chi connectivity index (χ2n) is 13.2. The topological polar surface area (TPSA) is 58.4 Å². The number of hydrogen-bond donors (Lipinski definition) is 0. The van der Waals surface area contributed by atoms with Crippen LogP contribution < -0.4 is 4.74 Å². The van der Waals surface area contributed by atoms with Gasteiger partial charge in [-0.1, -0.05) is 54.6 Å². The van der Waals surface area contributed by atoms with Crippen molar-refractivity contribution in [3.05, 3.63) is 141 Å². The molecule has 238 valence electrons. The lowest BCUT2D eigenvalue weighted by Gasteiger charge is -2.16. The highest BCUT2D eigenvalue weighted by Gasteiger charge is 2.44. The number of para-hydroxylation sites is 3. The van der Waals surface area contributed by atoms with Crippen LogP contribution in [-0.4, -0.2) is 38.6 Å². The second-order valence-corrected chi connectivity index (χ2v) is 13.2. The number of nitrogens with zero attached hydrogens (tertiary/aromatic N) is 3. The normalized spacial score (nSPS) is 16.3. The Morgan fingerprint density at radius 3 is 1.81 bits per heavy atom. The summed E-state index contributed by atoms with van der Waals surface area (Å²) in [7, 11) is 0. The monoisotopic (exact) mass is 625 g/mol. The summed E-state index contributed by atoms with van der Waals surface area (Å²) < 4.78 is 11.1. The first-order valence-electron chi connectivity index (χ1n) is 16.4. The summed E-state index contributed by atoms with van der Waals surface area (Å²) in [5, 5.41) is 11.7. The molecule has 4 aromatic rings. The van der Waals surface area contributed by atoms with E-state index in [0.29, 0.717) is 11.3 Å². The van der Waals surface area contributed by atoms with E-state index in [0.717, 1.165) is 24.2 Å². The van der Waals surface area contributed by atoms with Gasteiger partial charge < -0.3 is 4.74 Å². The Labute approximate surface area is 277 Å². The van der Waals surface area contributed by atoms with Crippen molar-refractivity contribution in [1.29, 1.82) is 0 Å². The second kappa shape index (κ2) is 12.6. The van der Waals surface area contributed by atoms with Gasteiger partial charge in [0.1, 0.15) is 25.4 Å². The first kappa shape index (κ1) is 31.9. The van der Waals surface area contributed by atoms with E-state index in [9.17, 15) is 10.1 Å². The number of benzene rings is 4. The van der Waals surface area contributed by atoms with Crippen molar-refractivity contribution in [1.82, 2.24) is 0 Å². The average molecular weight is 626 g/mol. The maximum Gasteiger partial charge on any atom is 0.276 e. The fourth-order valence-electron chi connectivity index (χ4n) is 7.21. The third-order valence-corrected chi connectivity index (χ3v) is 9.69. The molecule has 47 heavy (non-hydrogen) atoms. The van der Waals surface area contributed by atoms with Crippen molar-refractivity contribution in [2.24, 2.45) is 0 Å². The van der Waals surface area contributed by atoms with Crippen LogP contribution in [0, 0.1) is 10.1 Å². The minimum absolute atomic E-state index is 0.0569. The zero-order valence-corrected chi connectivity index (χ0v) is 28.2.